The molecule has 2 fully saturated rings. The Labute approximate surface area is 178 Å². The minimum Gasteiger partial charge on any atom is -0.461 e. The highest BCUT2D eigenvalue weighted by Gasteiger charge is 2.33. The van der Waals surface area contributed by atoms with E-state index in [0.717, 1.165) is 50.7 Å². The molecular weight excluding hydrogens is 376 g/mol. The van der Waals surface area contributed by atoms with E-state index >= 15 is 0 Å². The lowest BCUT2D eigenvalue weighted by molar-refractivity contribution is -0.150. The number of rotatable bonds is 4. The number of aromatic nitrogens is 2. The largest absolute Gasteiger partial charge is 0.461 e. The summed E-state index contributed by atoms with van der Waals surface area (Å²) in [5.41, 5.74) is 1.90. The topological polar surface area (TPSA) is 79.1 Å². The van der Waals surface area contributed by atoms with Crippen LogP contribution in [0.15, 0.2) is 24.3 Å². The highest BCUT2D eigenvalue weighted by Crippen LogP contribution is 2.33. The molecular formula is C24H30N4O2. The Morgan fingerprint density at radius 3 is 2.37 bits per heavy atom. The summed E-state index contributed by atoms with van der Waals surface area (Å²) in [5.74, 6) is 0.133. The lowest BCUT2D eigenvalue weighted by Gasteiger charge is -2.36. The average molecular weight is 407 g/mol. The van der Waals surface area contributed by atoms with Crippen LogP contribution in [0.5, 0.6) is 0 Å². The summed E-state index contributed by atoms with van der Waals surface area (Å²) in [6, 6.07) is 9.80. The Balaban J connectivity index is 1.71. The first kappa shape index (κ1) is 20.6. The molecule has 4 rings (SSSR count). The molecule has 2 heterocycles. The molecule has 6 nitrogen and oxygen atoms in total. The van der Waals surface area contributed by atoms with Gasteiger partial charge in [0.1, 0.15) is 11.8 Å². The van der Waals surface area contributed by atoms with Crippen LogP contribution in [0.4, 0.5) is 5.82 Å². The van der Waals surface area contributed by atoms with Crippen molar-refractivity contribution in [3.05, 3.63) is 30.0 Å². The number of anilines is 1. The molecule has 1 aromatic carbocycles. The van der Waals surface area contributed by atoms with Crippen LogP contribution in [0.1, 0.15) is 64.0 Å². The van der Waals surface area contributed by atoms with E-state index in [1.807, 2.05) is 24.3 Å². The molecule has 0 spiro atoms. The lowest BCUT2D eigenvalue weighted by Crippen LogP contribution is -2.40. The molecule has 1 saturated carbocycles. The predicted molar refractivity (Wildman–Crippen MR) is 116 cm³/mol. The number of ether oxygens (including phenoxy) is 1. The van der Waals surface area contributed by atoms with E-state index in [1.165, 1.54) is 6.42 Å². The highest BCUT2D eigenvalue weighted by molar-refractivity contribution is 5.85. The summed E-state index contributed by atoms with van der Waals surface area (Å²) in [6.45, 7) is 6.16. The van der Waals surface area contributed by atoms with Gasteiger partial charge in [-0.25, -0.2) is 9.97 Å². The van der Waals surface area contributed by atoms with Crippen molar-refractivity contribution in [2.45, 2.75) is 64.4 Å². The Morgan fingerprint density at radius 1 is 1.10 bits per heavy atom. The lowest BCUT2D eigenvalue weighted by atomic mass is 9.91. The fourth-order valence-electron chi connectivity index (χ4n) is 4.91. The predicted octanol–water partition coefficient (Wildman–Crippen LogP) is 4.60. The molecule has 3 atom stereocenters. The van der Waals surface area contributed by atoms with Crippen LogP contribution in [0, 0.1) is 23.2 Å². The van der Waals surface area contributed by atoms with Gasteiger partial charge in [-0.2, -0.15) is 5.26 Å². The maximum atomic E-state index is 13.0. The summed E-state index contributed by atoms with van der Waals surface area (Å²) < 4.78 is 5.75. The van der Waals surface area contributed by atoms with Gasteiger partial charge in [-0.15, -0.1) is 0 Å². The minimum absolute atomic E-state index is 0.0889. The monoisotopic (exact) mass is 406 g/mol. The molecule has 158 valence electrons. The number of hydrogen-bond acceptors (Lipinski definition) is 6. The third kappa shape index (κ3) is 4.40. The van der Waals surface area contributed by atoms with Crippen molar-refractivity contribution in [2.24, 2.45) is 11.8 Å². The van der Waals surface area contributed by atoms with Gasteiger partial charge >= 0.3 is 5.97 Å². The van der Waals surface area contributed by atoms with Gasteiger partial charge in [0, 0.05) is 13.1 Å². The van der Waals surface area contributed by atoms with Gasteiger partial charge in [-0.3, -0.25) is 4.79 Å². The molecule has 2 aromatic rings. The number of fused-ring (bicyclic) bond motifs is 1. The van der Waals surface area contributed by atoms with Gasteiger partial charge < -0.3 is 9.64 Å². The molecule has 0 amide bonds. The van der Waals surface area contributed by atoms with Crippen LogP contribution in [-0.2, 0) is 9.53 Å². The number of nitriles is 1. The maximum absolute atomic E-state index is 13.0. The van der Waals surface area contributed by atoms with E-state index in [1.54, 1.807) is 0 Å². The van der Waals surface area contributed by atoms with E-state index in [-0.39, 0.29) is 6.10 Å². The van der Waals surface area contributed by atoms with E-state index < -0.39 is 11.9 Å². The van der Waals surface area contributed by atoms with E-state index in [0.29, 0.717) is 28.9 Å². The van der Waals surface area contributed by atoms with Gasteiger partial charge in [0.15, 0.2) is 11.7 Å². The zero-order chi connectivity index (χ0) is 21.1. The van der Waals surface area contributed by atoms with E-state index in [2.05, 4.69) is 24.8 Å². The summed E-state index contributed by atoms with van der Waals surface area (Å²) in [6.07, 6.45) is 6.15. The number of carbonyl (C=O) groups excluding carboxylic acids is 1. The Morgan fingerprint density at radius 2 is 1.73 bits per heavy atom. The summed E-state index contributed by atoms with van der Waals surface area (Å²) in [4.78, 5) is 24.8. The van der Waals surface area contributed by atoms with Crippen molar-refractivity contribution < 1.29 is 9.53 Å². The molecule has 0 unspecified atom stereocenters. The van der Waals surface area contributed by atoms with Crippen LogP contribution in [0.2, 0.25) is 0 Å². The second-order valence-electron chi connectivity index (χ2n) is 9.03. The second kappa shape index (κ2) is 8.99. The molecule has 0 bridgehead atoms. The zero-order valence-electron chi connectivity index (χ0n) is 17.9. The summed E-state index contributed by atoms with van der Waals surface area (Å²) in [7, 11) is 0. The van der Waals surface area contributed by atoms with Gasteiger partial charge in [-0.1, -0.05) is 32.4 Å². The molecule has 1 aliphatic heterocycles. The van der Waals surface area contributed by atoms with Gasteiger partial charge in [0.2, 0.25) is 0 Å². The van der Waals surface area contributed by atoms with E-state index in [4.69, 9.17) is 14.7 Å². The molecule has 6 heteroatoms. The fourth-order valence-corrected chi connectivity index (χ4v) is 4.91. The van der Waals surface area contributed by atoms with Crippen LogP contribution in [0.25, 0.3) is 11.0 Å². The number of nitrogens with zero attached hydrogens (tertiary/aromatic N) is 4. The standard InChI is InChI=1S/C24H30N4O2/c1-16-12-17(2)15-28(14-16)23-22(26-20-10-6-7-11-21(20)27-23)19(13-25)24(29)30-18-8-4-3-5-9-18/h6-7,10-11,16-19H,3-5,8-9,12,14-15H2,1-2H3/t16-,17+,19-/m1/s1. The number of para-hydroxylation sites is 2. The second-order valence-corrected chi connectivity index (χ2v) is 9.03. The Bertz CT molecular complexity index is 938. The van der Waals surface area contributed by atoms with Crippen molar-refractivity contribution in [3.63, 3.8) is 0 Å². The maximum Gasteiger partial charge on any atom is 0.329 e. The number of carbonyl (C=O) groups is 1. The molecule has 1 saturated heterocycles. The average Bonchev–Trinajstić information content (AvgIpc) is 2.74. The molecule has 0 radical (unpaired) electrons. The first-order valence-corrected chi connectivity index (χ1v) is 11.2. The molecule has 1 aromatic heterocycles. The van der Waals surface area contributed by atoms with Crippen LogP contribution >= 0.6 is 0 Å². The van der Waals surface area contributed by atoms with Crippen LogP contribution in [-0.4, -0.2) is 35.1 Å². The van der Waals surface area contributed by atoms with E-state index in [9.17, 15) is 10.1 Å². The number of esters is 1. The Kier molecular flexibility index (Phi) is 6.17. The van der Waals surface area contributed by atoms with Crippen molar-refractivity contribution in [2.75, 3.05) is 18.0 Å². The fraction of sp³-hybridized carbons (Fsp3) is 0.583. The quantitative estimate of drug-likeness (QED) is 0.691. The highest BCUT2D eigenvalue weighted by atomic mass is 16.5. The number of benzene rings is 1. The number of piperidine rings is 1. The normalized spacial score (nSPS) is 23.7. The van der Waals surface area contributed by atoms with Crippen molar-refractivity contribution in [1.82, 2.24) is 9.97 Å². The summed E-state index contributed by atoms with van der Waals surface area (Å²) in [5, 5.41) is 9.94. The van der Waals surface area contributed by atoms with Gasteiger partial charge in [0.05, 0.1) is 17.1 Å². The van der Waals surface area contributed by atoms with Crippen LogP contribution < -0.4 is 4.90 Å². The third-order valence-corrected chi connectivity index (χ3v) is 6.22. The first-order chi connectivity index (χ1) is 14.5. The van der Waals surface area contributed by atoms with Gasteiger partial charge in [0.25, 0.3) is 0 Å². The molecule has 30 heavy (non-hydrogen) atoms. The van der Waals surface area contributed by atoms with Crippen molar-refractivity contribution in [1.29, 1.82) is 5.26 Å². The van der Waals surface area contributed by atoms with Crippen molar-refractivity contribution in [3.8, 4) is 6.07 Å². The summed E-state index contributed by atoms with van der Waals surface area (Å²) >= 11 is 0. The number of hydrogen-bond donors (Lipinski definition) is 0. The minimum atomic E-state index is -1.06. The third-order valence-electron chi connectivity index (χ3n) is 6.22. The molecule has 1 aliphatic carbocycles. The van der Waals surface area contributed by atoms with Gasteiger partial charge in [-0.05, 0) is 56.1 Å². The first-order valence-electron chi connectivity index (χ1n) is 11.2. The smallest absolute Gasteiger partial charge is 0.329 e. The van der Waals surface area contributed by atoms with Crippen molar-refractivity contribution >= 4 is 22.8 Å². The van der Waals surface area contributed by atoms with Crippen LogP contribution in [0.3, 0.4) is 0 Å². The Hall–Kier alpha value is -2.68. The molecule has 0 N–H and O–H groups in total. The molecule has 2 aliphatic rings. The zero-order valence-corrected chi connectivity index (χ0v) is 17.9. The SMILES string of the molecule is C[C@@H]1C[C@H](C)CN(c2nc3ccccc3nc2[C@@H](C#N)C(=O)OC2CCCCC2)C1.